The van der Waals surface area contributed by atoms with Crippen molar-refractivity contribution < 1.29 is 5.11 Å². The number of benzene rings is 1. The number of nitrogens with one attached hydrogen (secondary N) is 1. The molecule has 0 aliphatic rings. The second-order valence-electron chi connectivity index (χ2n) is 3.45. The number of likely N-dealkylation sites (N-methyl/N-ethyl adjacent to an activating group) is 1. The molecule has 0 unspecified atom stereocenters. The SMILES string of the molecule is CNCC=Cc1c(C)cc(O)cc1C. The van der Waals surface area contributed by atoms with E-state index in [9.17, 15) is 5.11 Å². The fourth-order valence-electron chi connectivity index (χ4n) is 1.51. The summed E-state index contributed by atoms with van der Waals surface area (Å²) in [7, 11) is 1.92. The van der Waals surface area contributed by atoms with Crippen molar-refractivity contribution in [2.75, 3.05) is 13.6 Å². The number of hydrogen-bond acceptors (Lipinski definition) is 2. The van der Waals surface area contributed by atoms with E-state index in [2.05, 4.69) is 17.5 Å². The summed E-state index contributed by atoms with van der Waals surface area (Å²) in [5.74, 6) is 0.339. The van der Waals surface area contributed by atoms with Gasteiger partial charge in [0.25, 0.3) is 0 Å². The maximum atomic E-state index is 9.35. The standard InChI is InChI=1S/C12H17NO/c1-9-7-11(14)8-10(2)12(9)5-4-6-13-3/h4-5,7-8,13-14H,6H2,1-3H3. The third-order valence-electron chi connectivity index (χ3n) is 2.18. The van der Waals surface area contributed by atoms with Crippen molar-refractivity contribution in [1.29, 1.82) is 0 Å². The molecule has 2 N–H and O–H groups in total. The summed E-state index contributed by atoms with van der Waals surface area (Å²) in [6, 6.07) is 3.57. The lowest BCUT2D eigenvalue weighted by Gasteiger charge is -2.06. The van der Waals surface area contributed by atoms with Gasteiger partial charge in [-0.15, -0.1) is 0 Å². The summed E-state index contributed by atoms with van der Waals surface area (Å²) in [4.78, 5) is 0. The molecule has 0 saturated heterocycles. The van der Waals surface area contributed by atoms with Crippen LogP contribution in [-0.4, -0.2) is 18.7 Å². The van der Waals surface area contributed by atoms with Gasteiger partial charge in [-0.3, -0.25) is 0 Å². The summed E-state index contributed by atoms with van der Waals surface area (Å²) >= 11 is 0. The van der Waals surface area contributed by atoms with Crippen molar-refractivity contribution in [3.63, 3.8) is 0 Å². The van der Waals surface area contributed by atoms with Gasteiger partial charge in [-0.2, -0.15) is 0 Å². The zero-order valence-electron chi connectivity index (χ0n) is 8.96. The Morgan fingerprint density at radius 3 is 2.36 bits per heavy atom. The molecule has 0 aliphatic heterocycles. The molecule has 0 amide bonds. The molecule has 0 aromatic heterocycles. The molecule has 0 radical (unpaired) electrons. The largest absolute Gasteiger partial charge is 0.508 e. The topological polar surface area (TPSA) is 32.3 Å². The van der Waals surface area contributed by atoms with E-state index in [1.807, 2.05) is 20.9 Å². The van der Waals surface area contributed by atoms with Crippen LogP contribution in [0.25, 0.3) is 6.08 Å². The number of hydrogen-bond donors (Lipinski definition) is 2. The first kappa shape index (κ1) is 10.8. The van der Waals surface area contributed by atoms with Gasteiger partial charge in [-0.25, -0.2) is 0 Å². The number of rotatable bonds is 3. The summed E-state index contributed by atoms with van der Waals surface area (Å²) in [6.07, 6.45) is 4.16. The molecule has 0 aliphatic carbocycles. The monoisotopic (exact) mass is 191 g/mol. The van der Waals surface area contributed by atoms with Crippen molar-refractivity contribution in [3.05, 3.63) is 34.9 Å². The highest BCUT2D eigenvalue weighted by Crippen LogP contribution is 2.21. The first-order valence-corrected chi connectivity index (χ1v) is 4.76. The van der Waals surface area contributed by atoms with Gasteiger partial charge in [0.2, 0.25) is 0 Å². The Kier molecular flexibility index (Phi) is 3.72. The molecule has 0 atom stereocenters. The Balaban J connectivity index is 2.96. The second kappa shape index (κ2) is 4.82. The van der Waals surface area contributed by atoms with Gasteiger partial charge in [0.05, 0.1) is 0 Å². The molecule has 0 saturated carbocycles. The fourth-order valence-corrected chi connectivity index (χ4v) is 1.51. The summed E-state index contributed by atoms with van der Waals surface area (Å²) in [6.45, 7) is 4.87. The highest BCUT2D eigenvalue weighted by atomic mass is 16.3. The van der Waals surface area contributed by atoms with Crippen LogP contribution < -0.4 is 5.32 Å². The first-order chi connectivity index (χ1) is 6.65. The first-order valence-electron chi connectivity index (χ1n) is 4.76. The average Bonchev–Trinajstić information content (AvgIpc) is 2.09. The minimum absolute atomic E-state index is 0.339. The van der Waals surface area contributed by atoms with Gasteiger partial charge in [0.1, 0.15) is 5.75 Å². The second-order valence-corrected chi connectivity index (χ2v) is 3.45. The Morgan fingerprint density at radius 1 is 1.29 bits per heavy atom. The molecule has 76 valence electrons. The summed E-state index contributed by atoms with van der Waals surface area (Å²) in [5, 5.41) is 12.4. The maximum Gasteiger partial charge on any atom is 0.116 e. The van der Waals surface area contributed by atoms with E-state index in [0.29, 0.717) is 5.75 Å². The van der Waals surface area contributed by atoms with Gasteiger partial charge >= 0.3 is 0 Å². The quantitative estimate of drug-likeness (QED) is 0.768. The number of aryl methyl sites for hydroxylation is 2. The summed E-state index contributed by atoms with van der Waals surface area (Å²) in [5.41, 5.74) is 3.41. The fraction of sp³-hybridized carbons (Fsp3) is 0.333. The van der Waals surface area contributed by atoms with E-state index < -0.39 is 0 Å². The van der Waals surface area contributed by atoms with E-state index in [4.69, 9.17) is 0 Å². The Morgan fingerprint density at radius 2 is 1.86 bits per heavy atom. The third kappa shape index (κ3) is 2.60. The molecule has 0 heterocycles. The van der Waals surface area contributed by atoms with E-state index in [-0.39, 0.29) is 0 Å². The van der Waals surface area contributed by atoms with Crippen LogP contribution in [0.1, 0.15) is 16.7 Å². The van der Waals surface area contributed by atoms with E-state index in [1.54, 1.807) is 12.1 Å². The van der Waals surface area contributed by atoms with Gasteiger partial charge in [0, 0.05) is 6.54 Å². The van der Waals surface area contributed by atoms with Gasteiger partial charge in [-0.1, -0.05) is 12.2 Å². The molecule has 14 heavy (non-hydrogen) atoms. The zero-order valence-corrected chi connectivity index (χ0v) is 8.96. The Labute approximate surface area is 85.3 Å². The molecule has 1 rings (SSSR count). The molecule has 1 aromatic carbocycles. The molecular weight excluding hydrogens is 174 g/mol. The van der Waals surface area contributed by atoms with Crippen molar-refractivity contribution in [2.24, 2.45) is 0 Å². The molecule has 0 fully saturated rings. The molecule has 0 spiro atoms. The van der Waals surface area contributed by atoms with Crippen LogP contribution in [0.3, 0.4) is 0 Å². The lowest BCUT2D eigenvalue weighted by Crippen LogP contribution is -2.03. The molecule has 1 aromatic rings. The molecule has 2 heteroatoms. The number of aromatic hydroxyl groups is 1. The lowest BCUT2D eigenvalue weighted by molar-refractivity contribution is 0.474. The van der Waals surface area contributed by atoms with Crippen LogP contribution in [-0.2, 0) is 0 Å². The van der Waals surface area contributed by atoms with Crippen molar-refractivity contribution in [3.8, 4) is 5.75 Å². The number of phenolic OH excluding ortho intramolecular Hbond substituents is 1. The van der Waals surface area contributed by atoms with Crippen LogP contribution >= 0.6 is 0 Å². The van der Waals surface area contributed by atoms with E-state index >= 15 is 0 Å². The zero-order chi connectivity index (χ0) is 10.6. The molecule has 0 bridgehead atoms. The smallest absolute Gasteiger partial charge is 0.116 e. The van der Waals surface area contributed by atoms with E-state index in [1.165, 1.54) is 5.56 Å². The van der Waals surface area contributed by atoms with Crippen LogP contribution in [0.5, 0.6) is 5.75 Å². The van der Waals surface area contributed by atoms with Gasteiger partial charge < -0.3 is 10.4 Å². The van der Waals surface area contributed by atoms with E-state index in [0.717, 1.165) is 17.7 Å². The average molecular weight is 191 g/mol. The summed E-state index contributed by atoms with van der Waals surface area (Å²) < 4.78 is 0. The highest BCUT2D eigenvalue weighted by Gasteiger charge is 2.00. The Bertz CT molecular complexity index is 319. The van der Waals surface area contributed by atoms with Crippen molar-refractivity contribution in [1.82, 2.24) is 5.32 Å². The van der Waals surface area contributed by atoms with Crippen LogP contribution in [0, 0.1) is 13.8 Å². The van der Waals surface area contributed by atoms with Gasteiger partial charge in [0.15, 0.2) is 0 Å². The van der Waals surface area contributed by atoms with Crippen LogP contribution in [0.2, 0.25) is 0 Å². The predicted molar refractivity (Wildman–Crippen MR) is 60.5 cm³/mol. The van der Waals surface area contributed by atoms with Crippen LogP contribution in [0.15, 0.2) is 18.2 Å². The molecular formula is C12H17NO. The maximum absolute atomic E-state index is 9.35. The predicted octanol–water partition coefficient (Wildman–Crippen LogP) is 2.24. The Hall–Kier alpha value is -1.28. The van der Waals surface area contributed by atoms with Gasteiger partial charge in [-0.05, 0) is 49.7 Å². The van der Waals surface area contributed by atoms with Crippen LogP contribution in [0.4, 0.5) is 0 Å². The minimum atomic E-state index is 0.339. The third-order valence-corrected chi connectivity index (χ3v) is 2.18. The van der Waals surface area contributed by atoms with Crippen molar-refractivity contribution >= 4 is 6.08 Å². The minimum Gasteiger partial charge on any atom is -0.508 e. The number of phenols is 1. The normalized spacial score (nSPS) is 11.1. The molecule has 2 nitrogen and oxygen atoms in total. The highest BCUT2D eigenvalue weighted by molar-refractivity contribution is 5.59. The van der Waals surface area contributed by atoms with Crippen molar-refractivity contribution in [2.45, 2.75) is 13.8 Å². The lowest BCUT2D eigenvalue weighted by atomic mass is 10.0.